The van der Waals surface area contributed by atoms with E-state index in [2.05, 4.69) is 45.4 Å². The molecule has 1 fully saturated rings. The maximum Gasteiger partial charge on any atom is 0.306 e. The lowest BCUT2D eigenvalue weighted by Gasteiger charge is -2.22. The first-order valence-electron chi connectivity index (χ1n) is 9.81. The van der Waals surface area contributed by atoms with Gasteiger partial charge in [0.05, 0.1) is 18.6 Å². The summed E-state index contributed by atoms with van der Waals surface area (Å²) in [7, 11) is 0. The molecule has 1 unspecified atom stereocenters. The largest absolute Gasteiger partial charge is 0.466 e. The molecule has 6 nitrogen and oxygen atoms in total. The Bertz CT molecular complexity index is 914. The Kier molecular flexibility index (Phi) is 6.90. The summed E-state index contributed by atoms with van der Waals surface area (Å²) in [6, 6.07) is 7.88. The highest BCUT2D eigenvalue weighted by Crippen LogP contribution is 2.28. The van der Waals surface area contributed by atoms with Crippen molar-refractivity contribution >= 4 is 39.3 Å². The maximum atomic E-state index is 12.8. The number of pyridine rings is 1. The number of hydrogen-bond acceptors (Lipinski definition) is 5. The number of nitrogens with zero attached hydrogens (tertiary/aromatic N) is 1. The Hall–Kier alpha value is -2.41. The summed E-state index contributed by atoms with van der Waals surface area (Å²) in [4.78, 5) is 28.6. The molecule has 1 saturated heterocycles. The number of rotatable bonds is 6. The smallest absolute Gasteiger partial charge is 0.306 e. The summed E-state index contributed by atoms with van der Waals surface area (Å²) in [5, 5.41) is 6.30. The number of carbonyl (C=O) groups excluding carboxylic acids is 2. The monoisotopic (exact) mass is 459 g/mol. The van der Waals surface area contributed by atoms with Gasteiger partial charge in [0.2, 0.25) is 0 Å². The number of nitrogens with one attached hydrogen (secondary N) is 2. The van der Waals surface area contributed by atoms with Gasteiger partial charge in [-0.05, 0) is 54.5 Å². The molecule has 0 saturated carbocycles. The van der Waals surface area contributed by atoms with Crippen LogP contribution < -0.4 is 10.6 Å². The van der Waals surface area contributed by atoms with Gasteiger partial charge in [0.25, 0.3) is 5.91 Å². The van der Waals surface area contributed by atoms with Crippen LogP contribution in [0.15, 0.2) is 34.9 Å². The van der Waals surface area contributed by atoms with Gasteiger partial charge in [-0.25, -0.2) is 4.98 Å². The molecule has 1 aromatic heterocycles. The van der Waals surface area contributed by atoms with Crippen LogP contribution in [0, 0.1) is 12.8 Å². The van der Waals surface area contributed by atoms with E-state index in [-0.39, 0.29) is 23.7 Å². The standard InChI is InChI=1S/C22H26BrN3O3/c1-13(2)16-10-20(26-19-6-4-5-18(23)14(19)3)24-12-17(16)22(28)25-11-15-7-8-29-21(27)9-15/h4-6,10,12-13,15H,7-9,11H2,1-3H3,(H,24,26)(H,25,28). The molecular formula is C22H26BrN3O3. The van der Waals surface area contributed by atoms with Crippen molar-refractivity contribution in [1.82, 2.24) is 10.3 Å². The third-order valence-electron chi connectivity index (χ3n) is 5.13. The molecule has 0 radical (unpaired) electrons. The van der Waals surface area contributed by atoms with Gasteiger partial charge >= 0.3 is 5.97 Å². The SMILES string of the molecule is Cc1c(Br)cccc1Nc1cc(C(C)C)c(C(=O)NCC2CCOC(=O)C2)cn1. The number of amides is 1. The lowest BCUT2D eigenvalue weighted by atomic mass is 9.97. The first kappa shape index (κ1) is 21.3. The number of halogens is 1. The summed E-state index contributed by atoms with van der Waals surface area (Å²) in [5.41, 5.74) is 3.54. The maximum absolute atomic E-state index is 12.8. The van der Waals surface area contributed by atoms with E-state index in [1.807, 2.05) is 31.2 Å². The van der Waals surface area contributed by atoms with Crippen molar-refractivity contribution in [3.8, 4) is 0 Å². The van der Waals surface area contributed by atoms with E-state index >= 15 is 0 Å². The van der Waals surface area contributed by atoms with Crippen LogP contribution in [0.1, 0.15) is 54.1 Å². The van der Waals surface area contributed by atoms with Gasteiger partial charge < -0.3 is 15.4 Å². The predicted molar refractivity (Wildman–Crippen MR) is 117 cm³/mol. The second-order valence-electron chi connectivity index (χ2n) is 7.64. The lowest BCUT2D eigenvalue weighted by Crippen LogP contribution is -2.34. The van der Waals surface area contributed by atoms with Crippen molar-refractivity contribution in [2.45, 2.75) is 39.5 Å². The van der Waals surface area contributed by atoms with Crippen molar-refractivity contribution in [1.29, 1.82) is 0 Å². The molecule has 1 aromatic carbocycles. The first-order chi connectivity index (χ1) is 13.8. The predicted octanol–water partition coefficient (Wildman–Crippen LogP) is 4.70. The van der Waals surface area contributed by atoms with Crippen molar-refractivity contribution in [3.05, 3.63) is 51.6 Å². The fourth-order valence-electron chi connectivity index (χ4n) is 3.33. The van der Waals surface area contributed by atoms with Crippen molar-refractivity contribution in [2.24, 2.45) is 5.92 Å². The molecule has 2 aromatic rings. The molecule has 0 bridgehead atoms. The van der Waals surface area contributed by atoms with Crippen LogP contribution in [-0.4, -0.2) is 30.0 Å². The fraction of sp³-hybridized carbons (Fsp3) is 0.409. The van der Waals surface area contributed by atoms with Gasteiger partial charge in [0.15, 0.2) is 0 Å². The molecular weight excluding hydrogens is 434 g/mol. The van der Waals surface area contributed by atoms with Crippen LogP contribution in [0.3, 0.4) is 0 Å². The molecule has 1 aliphatic rings. The Morgan fingerprint density at radius 2 is 2.17 bits per heavy atom. The Morgan fingerprint density at radius 3 is 2.90 bits per heavy atom. The van der Waals surface area contributed by atoms with E-state index < -0.39 is 0 Å². The highest BCUT2D eigenvalue weighted by atomic mass is 79.9. The van der Waals surface area contributed by atoms with E-state index in [0.29, 0.717) is 31.0 Å². The number of benzene rings is 1. The van der Waals surface area contributed by atoms with Gasteiger partial charge in [-0.3, -0.25) is 9.59 Å². The van der Waals surface area contributed by atoms with Crippen LogP contribution in [0.4, 0.5) is 11.5 Å². The van der Waals surface area contributed by atoms with E-state index in [4.69, 9.17) is 4.74 Å². The minimum Gasteiger partial charge on any atom is -0.466 e. The Morgan fingerprint density at radius 1 is 1.38 bits per heavy atom. The molecule has 7 heteroatoms. The van der Waals surface area contributed by atoms with Crippen LogP contribution in [-0.2, 0) is 9.53 Å². The highest BCUT2D eigenvalue weighted by Gasteiger charge is 2.22. The average Bonchev–Trinajstić information content (AvgIpc) is 2.69. The van der Waals surface area contributed by atoms with Crippen molar-refractivity contribution in [2.75, 3.05) is 18.5 Å². The summed E-state index contributed by atoms with van der Waals surface area (Å²) >= 11 is 3.54. The van der Waals surface area contributed by atoms with Gasteiger partial charge in [-0.2, -0.15) is 0 Å². The molecule has 2 N–H and O–H groups in total. The van der Waals surface area contributed by atoms with Gasteiger partial charge in [-0.15, -0.1) is 0 Å². The molecule has 0 aliphatic carbocycles. The fourth-order valence-corrected chi connectivity index (χ4v) is 3.70. The summed E-state index contributed by atoms with van der Waals surface area (Å²) in [5.74, 6) is 0.619. The molecule has 1 atom stereocenters. The van der Waals surface area contributed by atoms with E-state index in [1.54, 1.807) is 6.20 Å². The summed E-state index contributed by atoms with van der Waals surface area (Å²) in [6.45, 7) is 7.02. The zero-order valence-electron chi connectivity index (χ0n) is 16.9. The third-order valence-corrected chi connectivity index (χ3v) is 5.99. The number of aromatic nitrogens is 1. The molecule has 2 heterocycles. The molecule has 0 spiro atoms. The minimum atomic E-state index is -0.196. The molecule has 154 valence electrons. The minimum absolute atomic E-state index is 0.121. The van der Waals surface area contributed by atoms with Crippen molar-refractivity contribution < 1.29 is 14.3 Å². The Balaban J connectivity index is 1.74. The van der Waals surface area contributed by atoms with E-state index in [0.717, 1.165) is 27.7 Å². The lowest BCUT2D eigenvalue weighted by molar-refractivity contribution is -0.149. The van der Waals surface area contributed by atoms with Crippen LogP contribution in [0.2, 0.25) is 0 Å². The summed E-state index contributed by atoms with van der Waals surface area (Å²) < 4.78 is 5.98. The normalized spacial score (nSPS) is 16.4. The number of ether oxygens (including phenoxy) is 1. The second kappa shape index (κ2) is 9.39. The first-order valence-corrected chi connectivity index (χ1v) is 10.6. The van der Waals surface area contributed by atoms with Crippen LogP contribution in [0.25, 0.3) is 0 Å². The molecule has 29 heavy (non-hydrogen) atoms. The third kappa shape index (κ3) is 5.35. The van der Waals surface area contributed by atoms with E-state index in [1.165, 1.54) is 0 Å². The van der Waals surface area contributed by atoms with Crippen molar-refractivity contribution in [3.63, 3.8) is 0 Å². The average molecular weight is 460 g/mol. The van der Waals surface area contributed by atoms with E-state index in [9.17, 15) is 9.59 Å². The van der Waals surface area contributed by atoms with Gasteiger partial charge in [0, 0.05) is 22.9 Å². The zero-order chi connectivity index (χ0) is 21.0. The number of hydrogen-bond donors (Lipinski definition) is 2. The zero-order valence-corrected chi connectivity index (χ0v) is 18.5. The van der Waals surface area contributed by atoms with Crippen LogP contribution in [0.5, 0.6) is 0 Å². The second-order valence-corrected chi connectivity index (χ2v) is 8.49. The van der Waals surface area contributed by atoms with Gasteiger partial charge in [0.1, 0.15) is 5.82 Å². The quantitative estimate of drug-likeness (QED) is 0.611. The molecule has 3 rings (SSSR count). The number of esters is 1. The highest BCUT2D eigenvalue weighted by molar-refractivity contribution is 9.10. The van der Waals surface area contributed by atoms with Crippen LogP contribution >= 0.6 is 15.9 Å². The number of anilines is 2. The molecule has 1 amide bonds. The summed E-state index contributed by atoms with van der Waals surface area (Å²) in [6.07, 6.45) is 2.75. The number of cyclic esters (lactones) is 1. The number of carbonyl (C=O) groups is 2. The molecule has 1 aliphatic heterocycles. The van der Waals surface area contributed by atoms with Gasteiger partial charge in [-0.1, -0.05) is 35.8 Å². The topological polar surface area (TPSA) is 80.3 Å². The Labute approximate surface area is 179 Å².